The molecule has 12 nitrogen and oxygen atoms in total. The normalized spacial score (nSPS) is 31.8. The van der Waals surface area contributed by atoms with Crippen molar-refractivity contribution in [3.63, 3.8) is 0 Å². The van der Waals surface area contributed by atoms with Gasteiger partial charge in [-0.2, -0.15) is 0 Å². The van der Waals surface area contributed by atoms with Crippen molar-refractivity contribution in [3.05, 3.63) is 65.7 Å². The predicted octanol–water partition coefficient (Wildman–Crippen LogP) is 5.99. The molecular weight excluding hydrogens is 711 g/mol. The number of amides is 6. The lowest BCUT2D eigenvalue weighted by molar-refractivity contribution is -0.136. The van der Waals surface area contributed by atoms with Crippen LogP contribution in [-0.2, 0) is 19.2 Å². The van der Waals surface area contributed by atoms with Crippen molar-refractivity contribution in [2.45, 2.75) is 103 Å². The Labute approximate surface area is 327 Å². The summed E-state index contributed by atoms with van der Waals surface area (Å²) < 4.78 is 6.08. The van der Waals surface area contributed by atoms with Crippen LogP contribution in [-0.4, -0.2) is 65.6 Å². The van der Waals surface area contributed by atoms with Gasteiger partial charge in [0.2, 0.25) is 23.6 Å². The van der Waals surface area contributed by atoms with Gasteiger partial charge in [0, 0.05) is 47.8 Å². The number of carbonyl (C=O) groups excluding carboxylic acids is 6. The molecule has 12 heteroatoms. The Kier molecular flexibility index (Phi) is 10.3. The zero-order chi connectivity index (χ0) is 39.2. The van der Waals surface area contributed by atoms with Crippen molar-refractivity contribution in [3.8, 4) is 5.75 Å². The highest BCUT2D eigenvalue weighted by Crippen LogP contribution is 2.65. The fraction of sp³-hybridized carbons (Fsp3) is 0.545. The lowest BCUT2D eigenvalue weighted by Gasteiger charge is -2.58. The van der Waals surface area contributed by atoms with E-state index < -0.39 is 29.7 Å². The summed E-state index contributed by atoms with van der Waals surface area (Å²) in [7, 11) is 0. The first-order valence-electron chi connectivity index (χ1n) is 20.6. The van der Waals surface area contributed by atoms with Gasteiger partial charge in [0.1, 0.15) is 11.8 Å². The summed E-state index contributed by atoms with van der Waals surface area (Å²) in [6.07, 6.45) is 13.9. The monoisotopic (exact) mass is 763 g/mol. The highest BCUT2D eigenvalue weighted by molar-refractivity contribution is 6.25. The molecule has 0 spiro atoms. The predicted molar refractivity (Wildman–Crippen MR) is 210 cm³/mol. The number of carbonyl (C=O) groups is 6. The van der Waals surface area contributed by atoms with E-state index in [2.05, 4.69) is 41.2 Å². The number of anilines is 2. The Morgan fingerprint density at radius 1 is 0.893 bits per heavy atom. The van der Waals surface area contributed by atoms with Crippen molar-refractivity contribution < 1.29 is 33.5 Å². The lowest BCUT2D eigenvalue weighted by Crippen LogP contribution is -2.59. The van der Waals surface area contributed by atoms with Gasteiger partial charge in [-0.05, 0) is 111 Å². The van der Waals surface area contributed by atoms with E-state index in [0.717, 1.165) is 80.5 Å². The van der Waals surface area contributed by atoms with Crippen molar-refractivity contribution in [2.75, 3.05) is 23.8 Å². The number of piperidine rings is 1. The number of imide groups is 2. The Morgan fingerprint density at radius 3 is 2.55 bits per heavy atom. The number of fused-ring (bicyclic) bond motifs is 6. The summed E-state index contributed by atoms with van der Waals surface area (Å²) in [5, 5.41) is 12.0. The summed E-state index contributed by atoms with van der Waals surface area (Å²) in [5.74, 6) is 0.377. The zero-order valence-electron chi connectivity index (χ0n) is 32.4. The van der Waals surface area contributed by atoms with Crippen molar-refractivity contribution in [1.82, 2.24) is 15.5 Å². The van der Waals surface area contributed by atoms with Gasteiger partial charge in [-0.1, -0.05) is 44.9 Å². The molecule has 2 aromatic carbocycles. The second kappa shape index (κ2) is 15.2. The molecule has 6 amide bonds. The molecule has 0 bridgehead atoms. The molecular formula is C44H53N5O7. The van der Waals surface area contributed by atoms with Gasteiger partial charge in [-0.15, -0.1) is 0 Å². The maximum atomic E-state index is 13.9. The van der Waals surface area contributed by atoms with E-state index in [1.807, 2.05) is 24.3 Å². The average Bonchev–Trinajstić information content (AvgIpc) is 3.66. The second-order valence-corrected chi connectivity index (χ2v) is 17.3. The molecule has 56 heavy (non-hydrogen) atoms. The van der Waals surface area contributed by atoms with Crippen LogP contribution in [0.15, 0.2) is 54.6 Å². The Morgan fingerprint density at radius 2 is 1.71 bits per heavy atom. The van der Waals surface area contributed by atoms with Gasteiger partial charge in [-0.3, -0.25) is 39.0 Å². The summed E-state index contributed by atoms with van der Waals surface area (Å²) >= 11 is 0. The smallest absolute Gasteiger partial charge is 0.264 e. The minimum absolute atomic E-state index is 0.0160. The Balaban J connectivity index is 0.772. The van der Waals surface area contributed by atoms with E-state index in [-0.39, 0.29) is 58.6 Å². The molecule has 3 saturated carbocycles. The second-order valence-electron chi connectivity index (χ2n) is 17.3. The number of rotatable bonds is 12. The Hall–Kier alpha value is -5.00. The molecule has 8 atom stereocenters. The number of ether oxygens (including phenoxy) is 1. The summed E-state index contributed by atoms with van der Waals surface area (Å²) in [6, 6.07) is 12.0. The van der Waals surface area contributed by atoms with E-state index in [1.54, 1.807) is 24.3 Å². The number of unbranched alkanes of at least 4 members (excludes halogenated alkanes) is 3. The number of benzene rings is 2. The minimum Gasteiger partial charge on any atom is -0.494 e. The summed E-state index contributed by atoms with van der Waals surface area (Å²) in [4.78, 5) is 77.4. The van der Waals surface area contributed by atoms with Gasteiger partial charge in [0.05, 0.1) is 17.7 Å². The van der Waals surface area contributed by atoms with E-state index in [1.165, 1.54) is 0 Å². The molecule has 3 heterocycles. The van der Waals surface area contributed by atoms with Gasteiger partial charge in [0.25, 0.3) is 11.8 Å². The van der Waals surface area contributed by atoms with Crippen LogP contribution in [0.1, 0.15) is 112 Å². The van der Waals surface area contributed by atoms with Gasteiger partial charge in [-0.25, -0.2) is 0 Å². The molecule has 4 N–H and O–H groups in total. The number of hydrogen-bond donors (Lipinski definition) is 4. The first-order valence-corrected chi connectivity index (χ1v) is 20.6. The Bertz CT molecular complexity index is 1980. The third-order valence-electron chi connectivity index (χ3n) is 14.2. The van der Waals surface area contributed by atoms with Crippen molar-refractivity contribution in [2.24, 2.45) is 34.5 Å². The summed E-state index contributed by atoms with van der Waals surface area (Å²) in [5.41, 5.74) is 1.80. The molecule has 3 aliphatic carbocycles. The third kappa shape index (κ3) is 6.78. The maximum absolute atomic E-state index is 13.9. The molecule has 2 aromatic rings. The SMILES string of the molecule is C[C@]12C=CC(=O)N[C@@H]1CC[C@@H]1[C@@H]2CC[C@]2(C)[C@@H](C(=O)Nc3cccc(OCCCCCCNc4cccc5c4C(=O)N(C4CCC(=O)NC4=O)C5=O)c3)CC[C@@H]12. The highest BCUT2D eigenvalue weighted by atomic mass is 16.5. The summed E-state index contributed by atoms with van der Waals surface area (Å²) in [6.45, 7) is 5.84. The zero-order valence-corrected chi connectivity index (χ0v) is 32.4. The molecule has 3 aliphatic heterocycles. The van der Waals surface area contributed by atoms with Crippen LogP contribution in [0.2, 0.25) is 0 Å². The van der Waals surface area contributed by atoms with Crippen LogP contribution >= 0.6 is 0 Å². The first kappa shape index (κ1) is 37.9. The van der Waals surface area contributed by atoms with Crippen LogP contribution in [0, 0.1) is 34.5 Å². The lowest BCUT2D eigenvalue weighted by atomic mass is 9.48. The molecule has 1 unspecified atom stereocenters. The van der Waals surface area contributed by atoms with Crippen LogP contribution in [0.4, 0.5) is 11.4 Å². The topological polar surface area (TPSA) is 163 Å². The molecule has 8 rings (SSSR count). The van der Waals surface area contributed by atoms with Gasteiger partial charge < -0.3 is 20.7 Å². The van der Waals surface area contributed by atoms with Gasteiger partial charge in [0.15, 0.2) is 0 Å². The molecule has 1 saturated heterocycles. The van der Waals surface area contributed by atoms with Crippen LogP contribution in [0.5, 0.6) is 5.75 Å². The molecule has 6 aliphatic rings. The molecule has 4 fully saturated rings. The van der Waals surface area contributed by atoms with E-state index in [4.69, 9.17) is 4.74 Å². The quantitative estimate of drug-likeness (QED) is 0.151. The largest absolute Gasteiger partial charge is 0.494 e. The minimum atomic E-state index is -0.993. The molecule has 0 aromatic heterocycles. The molecule has 296 valence electrons. The van der Waals surface area contributed by atoms with Gasteiger partial charge >= 0.3 is 0 Å². The van der Waals surface area contributed by atoms with Crippen molar-refractivity contribution >= 4 is 46.8 Å². The van der Waals surface area contributed by atoms with Crippen molar-refractivity contribution in [1.29, 1.82) is 0 Å². The van der Waals surface area contributed by atoms with E-state index >= 15 is 0 Å². The fourth-order valence-corrected chi connectivity index (χ4v) is 11.3. The number of nitrogens with zero attached hydrogens (tertiary/aromatic N) is 1. The average molecular weight is 764 g/mol. The maximum Gasteiger partial charge on any atom is 0.264 e. The van der Waals surface area contributed by atoms with Crippen LogP contribution in [0.25, 0.3) is 0 Å². The standard InChI is InChI=1S/C44H53N5O7/c1-43-21-19-31-28(13-17-35-44(31,2)22-20-37(51)47-35)30(43)14-15-32(43)39(52)46-26-9-7-10-27(25-26)56-24-6-4-3-5-23-45-33-12-8-11-29-38(33)42(55)49(41(29)54)34-16-18-36(50)48-40(34)53/h7-12,20,22,25,28,30-32,34-35,45H,3-6,13-19,21,23-24H2,1-2H3,(H,46,52)(H,47,51)(H,48,50,53)/t28-,30-,31-,32+,34?,35+,43-,44+/m0/s1. The first-order chi connectivity index (χ1) is 27.0. The number of nitrogens with one attached hydrogen (secondary N) is 4. The molecule has 0 radical (unpaired) electrons. The van der Waals surface area contributed by atoms with Crippen LogP contribution < -0.4 is 26.0 Å². The highest BCUT2D eigenvalue weighted by Gasteiger charge is 2.61. The van der Waals surface area contributed by atoms with Crippen LogP contribution in [0.3, 0.4) is 0 Å². The third-order valence-corrected chi connectivity index (χ3v) is 14.2. The van der Waals surface area contributed by atoms with E-state index in [0.29, 0.717) is 36.6 Å². The fourth-order valence-electron chi connectivity index (χ4n) is 11.3. The number of hydrogen-bond acceptors (Lipinski definition) is 8. The van der Waals surface area contributed by atoms with E-state index in [9.17, 15) is 28.8 Å².